The van der Waals surface area contributed by atoms with E-state index in [-0.39, 0.29) is 5.78 Å². The van der Waals surface area contributed by atoms with Gasteiger partial charge in [-0.15, -0.1) is 0 Å². The van der Waals surface area contributed by atoms with Crippen molar-refractivity contribution in [2.24, 2.45) is 0 Å². The molecule has 0 N–H and O–H groups in total. The van der Waals surface area contributed by atoms with Gasteiger partial charge < -0.3 is 4.74 Å². The number of hydrogen-bond donors (Lipinski definition) is 0. The van der Waals surface area contributed by atoms with Gasteiger partial charge in [0.15, 0.2) is 5.60 Å². The van der Waals surface area contributed by atoms with Crippen molar-refractivity contribution >= 4 is 23.5 Å². The van der Waals surface area contributed by atoms with Crippen LogP contribution in [0.25, 0.3) is 6.08 Å². The summed E-state index contributed by atoms with van der Waals surface area (Å²) < 4.78 is 5.50. The van der Waals surface area contributed by atoms with Gasteiger partial charge in [0.05, 0.1) is 0 Å². The van der Waals surface area contributed by atoms with Crippen LogP contribution >= 0.6 is 11.6 Å². The van der Waals surface area contributed by atoms with Crippen molar-refractivity contribution in [2.75, 3.05) is 0 Å². The average molecular weight is 275 g/mol. The van der Waals surface area contributed by atoms with Gasteiger partial charge in [-0.1, -0.05) is 42.0 Å². The highest BCUT2D eigenvalue weighted by atomic mass is 35.5. The molecule has 1 aromatic rings. The van der Waals surface area contributed by atoms with E-state index >= 15 is 0 Å². The van der Waals surface area contributed by atoms with Crippen LogP contribution in [0, 0.1) is 0 Å². The third-order valence-electron chi connectivity index (χ3n) is 2.77. The minimum atomic E-state index is -0.737. The van der Waals surface area contributed by atoms with Crippen LogP contribution in [0.5, 0.6) is 0 Å². The third-order valence-corrected chi connectivity index (χ3v) is 3.02. The largest absolute Gasteiger partial charge is 0.480 e. The lowest BCUT2D eigenvalue weighted by Crippen LogP contribution is -2.27. The molecule has 19 heavy (non-hydrogen) atoms. The molecule has 0 saturated heterocycles. The Balaban J connectivity index is 1.96. The van der Waals surface area contributed by atoms with Gasteiger partial charge in [-0.25, -0.2) is 0 Å². The summed E-state index contributed by atoms with van der Waals surface area (Å²) in [6.07, 6.45) is 8.99. The van der Waals surface area contributed by atoms with Crippen molar-refractivity contribution in [1.82, 2.24) is 0 Å². The second-order valence-corrected chi connectivity index (χ2v) is 5.23. The number of carbonyl (C=O) groups excluding carboxylic acids is 1. The van der Waals surface area contributed by atoms with Crippen LogP contribution in [0.2, 0.25) is 5.02 Å². The van der Waals surface area contributed by atoms with E-state index < -0.39 is 5.60 Å². The lowest BCUT2D eigenvalue weighted by molar-refractivity contribution is -0.126. The summed E-state index contributed by atoms with van der Waals surface area (Å²) in [6, 6.07) is 7.55. The van der Waals surface area contributed by atoms with E-state index in [1.165, 1.54) is 6.08 Å². The maximum atomic E-state index is 11.5. The van der Waals surface area contributed by atoms with E-state index in [4.69, 9.17) is 16.3 Å². The van der Waals surface area contributed by atoms with Gasteiger partial charge in [0.25, 0.3) is 0 Å². The van der Waals surface area contributed by atoms with Crippen molar-refractivity contribution < 1.29 is 9.53 Å². The van der Waals surface area contributed by atoms with Gasteiger partial charge in [-0.3, -0.25) is 4.79 Å². The van der Waals surface area contributed by atoms with Crippen molar-refractivity contribution in [1.29, 1.82) is 0 Å². The first-order chi connectivity index (χ1) is 8.97. The second kappa shape index (κ2) is 5.45. The summed E-state index contributed by atoms with van der Waals surface area (Å²) in [6.45, 7) is 3.52. The molecule has 0 bridgehead atoms. The molecule has 0 aliphatic carbocycles. The molecule has 1 aliphatic rings. The summed E-state index contributed by atoms with van der Waals surface area (Å²) in [5, 5.41) is 0.720. The molecule has 2 nitrogen and oxygen atoms in total. The topological polar surface area (TPSA) is 26.3 Å². The highest BCUT2D eigenvalue weighted by Gasteiger charge is 2.33. The van der Waals surface area contributed by atoms with Crippen LogP contribution in [0.15, 0.2) is 54.3 Å². The fraction of sp³-hybridized carbons (Fsp3) is 0.188. The number of hydrogen-bond acceptors (Lipinski definition) is 2. The zero-order valence-electron chi connectivity index (χ0n) is 10.9. The van der Waals surface area contributed by atoms with Crippen LogP contribution in [0.3, 0.4) is 0 Å². The molecule has 98 valence electrons. The number of ketones is 1. The molecule has 0 radical (unpaired) electrons. The van der Waals surface area contributed by atoms with Gasteiger partial charge in [0, 0.05) is 11.1 Å². The molecule has 3 heteroatoms. The van der Waals surface area contributed by atoms with Crippen LogP contribution in [-0.4, -0.2) is 11.4 Å². The monoisotopic (exact) mass is 274 g/mol. The summed E-state index contributed by atoms with van der Waals surface area (Å²) in [5.41, 5.74) is 0.325. The minimum absolute atomic E-state index is 0.00571. The van der Waals surface area contributed by atoms with Crippen molar-refractivity contribution in [3.63, 3.8) is 0 Å². The quantitative estimate of drug-likeness (QED) is 0.773. The molecule has 0 fully saturated rings. The zero-order valence-corrected chi connectivity index (χ0v) is 11.6. The molecular formula is C16H15ClO2. The number of allylic oxidation sites excluding steroid dienone is 3. The Morgan fingerprint density at radius 3 is 2.32 bits per heavy atom. The summed E-state index contributed by atoms with van der Waals surface area (Å²) >= 11 is 5.81. The highest BCUT2D eigenvalue weighted by molar-refractivity contribution is 6.30. The van der Waals surface area contributed by atoms with Crippen LogP contribution in [-0.2, 0) is 9.53 Å². The van der Waals surface area contributed by atoms with Crippen LogP contribution in [0.1, 0.15) is 19.4 Å². The summed E-state index contributed by atoms with van der Waals surface area (Å²) in [4.78, 5) is 11.5. The van der Waals surface area contributed by atoms with Crippen LogP contribution < -0.4 is 0 Å². The predicted molar refractivity (Wildman–Crippen MR) is 77.9 cm³/mol. The lowest BCUT2D eigenvalue weighted by atomic mass is 10.1. The molecule has 0 aromatic heterocycles. The molecule has 0 saturated carbocycles. The molecule has 0 amide bonds. The number of benzene rings is 1. The fourth-order valence-corrected chi connectivity index (χ4v) is 1.78. The Hall–Kier alpha value is -1.80. The van der Waals surface area contributed by atoms with Gasteiger partial charge in [-0.2, -0.15) is 0 Å². The SMILES string of the molecule is CC1(C)OC(/C=C/C=C/c2ccc(Cl)cc2)=CC1=O. The number of rotatable bonds is 3. The fourth-order valence-electron chi connectivity index (χ4n) is 1.65. The predicted octanol–water partition coefficient (Wildman–Crippen LogP) is 4.17. The summed E-state index contributed by atoms with van der Waals surface area (Å²) in [7, 11) is 0. The molecule has 1 aliphatic heterocycles. The number of ether oxygens (including phenoxy) is 1. The molecule has 0 spiro atoms. The van der Waals surface area contributed by atoms with Crippen LogP contribution in [0.4, 0.5) is 0 Å². The van der Waals surface area contributed by atoms with E-state index in [1.807, 2.05) is 42.5 Å². The molecule has 0 unspecified atom stereocenters. The second-order valence-electron chi connectivity index (χ2n) is 4.79. The Morgan fingerprint density at radius 1 is 1.11 bits per heavy atom. The summed E-state index contributed by atoms with van der Waals surface area (Å²) in [5.74, 6) is 0.588. The Kier molecular flexibility index (Phi) is 3.91. The van der Waals surface area contributed by atoms with Crippen molar-refractivity contribution in [3.05, 3.63) is 64.9 Å². The lowest BCUT2D eigenvalue weighted by Gasteiger charge is -2.16. The maximum Gasteiger partial charge on any atom is 0.202 e. The Morgan fingerprint density at radius 2 is 1.74 bits per heavy atom. The van der Waals surface area contributed by atoms with Gasteiger partial charge in [0.2, 0.25) is 5.78 Å². The highest BCUT2D eigenvalue weighted by Crippen LogP contribution is 2.24. The first-order valence-corrected chi connectivity index (χ1v) is 6.41. The van der Waals surface area contributed by atoms with E-state index in [0.717, 1.165) is 10.6 Å². The zero-order chi connectivity index (χ0) is 13.9. The minimum Gasteiger partial charge on any atom is -0.480 e. The first-order valence-electron chi connectivity index (χ1n) is 6.03. The Bertz CT molecular complexity index is 563. The van der Waals surface area contributed by atoms with E-state index in [9.17, 15) is 4.79 Å². The average Bonchev–Trinajstić information content (AvgIpc) is 2.61. The maximum absolute atomic E-state index is 11.5. The van der Waals surface area contributed by atoms with Gasteiger partial charge in [0.1, 0.15) is 5.76 Å². The molecular weight excluding hydrogens is 260 g/mol. The first kappa shape index (κ1) is 13.6. The third kappa shape index (κ3) is 3.58. The Labute approximate surface area is 118 Å². The normalized spacial score (nSPS) is 18.1. The van der Waals surface area contributed by atoms with Crippen molar-refractivity contribution in [2.45, 2.75) is 19.4 Å². The van der Waals surface area contributed by atoms with E-state index in [0.29, 0.717) is 5.76 Å². The smallest absolute Gasteiger partial charge is 0.202 e. The van der Waals surface area contributed by atoms with E-state index in [1.54, 1.807) is 19.9 Å². The molecule has 2 rings (SSSR count). The number of halogens is 1. The molecule has 0 atom stereocenters. The van der Waals surface area contributed by atoms with Crippen molar-refractivity contribution in [3.8, 4) is 0 Å². The van der Waals surface area contributed by atoms with Gasteiger partial charge >= 0.3 is 0 Å². The van der Waals surface area contributed by atoms with E-state index in [2.05, 4.69) is 0 Å². The molecule has 1 heterocycles. The standard InChI is InChI=1S/C16H15ClO2/c1-16(2)15(18)11-14(19-16)6-4-3-5-12-7-9-13(17)10-8-12/h3-11H,1-2H3/b5-3+,6-4+. The molecule has 1 aromatic carbocycles. The van der Waals surface area contributed by atoms with Gasteiger partial charge in [-0.05, 0) is 37.6 Å². The number of carbonyl (C=O) groups is 1.